The van der Waals surface area contributed by atoms with Gasteiger partial charge in [-0.05, 0) is 47.5 Å². The molecule has 2 bridgehead atoms. The number of carbonyl (C=O) groups excluding carboxylic acids is 5. The summed E-state index contributed by atoms with van der Waals surface area (Å²) in [4.78, 5) is 74.3. The van der Waals surface area contributed by atoms with Crippen LogP contribution in [0.4, 0.5) is 5.69 Å². The van der Waals surface area contributed by atoms with Crippen molar-refractivity contribution in [1.29, 1.82) is 0 Å². The summed E-state index contributed by atoms with van der Waals surface area (Å²) in [5, 5.41) is 0. The van der Waals surface area contributed by atoms with E-state index in [0.29, 0.717) is 16.8 Å². The Morgan fingerprint density at radius 3 is 1.16 bits per heavy atom. The number of hydrogen-bond acceptors (Lipinski definition) is 7. The molecule has 1 aliphatic heterocycles. The third-order valence-electron chi connectivity index (χ3n) is 9.76. The Morgan fingerprint density at radius 1 is 0.469 bits per heavy atom. The maximum Gasteiger partial charge on any atom is 0.343 e. The number of allylic oxidation sites excluding steroid dienone is 2. The van der Waals surface area contributed by atoms with Crippen LogP contribution in [0.5, 0.6) is 0 Å². The number of rotatable bonds is 7. The van der Waals surface area contributed by atoms with Gasteiger partial charge in [0.2, 0.25) is 11.8 Å². The van der Waals surface area contributed by atoms with E-state index < -0.39 is 52.2 Å². The number of ketones is 1. The Labute approximate surface area is 281 Å². The molecule has 4 unspecified atom stereocenters. The fraction of sp³-hybridized carbons (Fsp3) is 0.0976. The summed E-state index contributed by atoms with van der Waals surface area (Å²) < 4.78 is 12.5. The van der Waals surface area contributed by atoms with Gasteiger partial charge in [0.1, 0.15) is 10.8 Å². The van der Waals surface area contributed by atoms with Crippen LogP contribution in [0.15, 0.2) is 163 Å². The molecule has 8 rings (SSSR count). The molecule has 3 aliphatic rings. The summed E-state index contributed by atoms with van der Waals surface area (Å²) in [5.41, 5.74) is -2.71. The quantitative estimate of drug-likeness (QED) is 0.154. The van der Waals surface area contributed by atoms with Crippen LogP contribution >= 0.6 is 0 Å². The van der Waals surface area contributed by atoms with Gasteiger partial charge >= 0.3 is 11.9 Å². The van der Waals surface area contributed by atoms with Crippen molar-refractivity contribution in [2.24, 2.45) is 11.8 Å². The molecule has 5 aromatic carbocycles. The molecule has 0 N–H and O–H groups in total. The zero-order chi connectivity index (χ0) is 33.8. The molecule has 2 amide bonds. The molecule has 0 spiro atoms. The summed E-state index contributed by atoms with van der Waals surface area (Å²) >= 11 is 0. The summed E-state index contributed by atoms with van der Waals surface area (Å²) in [5.74, 6) is -6.75. The van der Waals surface area contributed by atoms with Crippen LogP contribution in [-0.4, -0.2) is 29.5 Å². The molecule has 0 radical (unpaired) electrons. The average molecular weight is 646 g/mol. The molecule has 4 atom stereocenters. The van der Waals surface area contributed by atoms with Gasteiger partial charge in [-0.15, -0.1) is 0 Å². The molecule has 1 saturated carbocycles. The van der Waals surface area contributed by atoms with E-state index >= 15 is 4.79 Å². The molecule has 5 aromatic rings. The highest BCUT2D eigenvalue weighted by Gasteiger charge is 2.85. The first-order valence-corrected chi connectivity index (χ1v) is 15.8. The molecular weight excluding hydrogens is 618 g/mol. The van der Waals surface area contributed by atoms with Crippen molar-refractivity contribution in [2.75, 3.05) is 4.90 Å². The largest absolute Gasteiger partial charge is 0.422 e. The number of anilines is 1. The number of para-hydroxylation sites is 1. The van der Waals surface area contributed by atoms with Crippen LogP contribution in [0.3, 0.4) is 0 Å². The second-order valence-corrected chi connectivity index (χ2v) is 12.1. The zero-order valence-corrected chi connectivity index (χ0v) is 25.9. The van der Waals surface area contributed by atoms with Crippen molar-refractivity contribution >= 4 is 35.2 Å². The van der Waals surface area contributed by atoms with Crippen LogP contribution in [0.25, 0.3) is 0 Å². The highest BCUT2D eigenvalue weighted by atomic mass is 16.6. The van der Waals surface area contributed by atoms with Gasteiger partial charge in [0.05, 0.1) is 28.7 Å². The van der Waals surface area contributed by atoms with E-state index in [2.05, 4.69) is 0 Å². The number of Topliss-reactive ketones (excluding diaryl/α,β-unsaturated/α-hetero) is 1. The molecule has 2 fully saturated rings. The van der Waals surface area contributed by atoms with Gasteiger partial charge in [-0.2, -0.15) is 0 Å². The minimum atomic E-state index is -2.02. The number of fused-ring (bicyclic) bond motifs is 5. The number of benzene rings is 5. The first-order chi connectivity index (χ1) is 23.9. The Hall–Kier alpha value is -6.41. The van der Waals surface area contributed by atoms with Crippen molar-refractivity contribution in [2.45, 2.75) is 10.8 Å². The Balaban J connectivity index is 1.46. The van der Waals surface area contributed by atoms with E-state index in [9.17, 15) is 19.2 Å². The predicted octanol–water partition coefficient (Wildman–Crippen LogP) is 6.19. The molecule has 8 heteroatoms. The van der Waals surface area contributed by atoms with E-state index in [1.54, 1.807) is 152 Å². The average Bonchev–Trinajstić information content (AvgIpc) is 3.65. The lowest BCUT2D eigenvalue weighted by atomic mass is 9.65. The van der Waals surface area contributed by atoms with Crippen molar-refractivity contribution in [3.63, 3.8) is 0 Å². The number of ether oxygens (including phenoxy) is 2. The predicted molar refractivity (Wildman–Crippen MR) is 178 cm³/mol. The highest BCUT2D eigenvalue weighted by Crippen LogP contribution is 2.71. The third-order valence-corrected chi connectivity index (χ3v) is 9.76. The van der Waals surface area contributed by atoms with E-state index in [4.69, 9.17) is 9.47 Å². The standard InChI is InChI=1S/C41H27NO7/c43-35-31-32(36(44)42(35)30-24-14-5-15-25-30)41(29-22-12-4-13-23-29)34(49-38(46)27-18-8-2-9-19-27)33(48-37(45)26-16-6-1-7-17-26)40(31,39(41)47)28-20-10-3-11-21-28/h1-25,31-32H. The molecule has 49 heavy (non-hydrogen) atoms. The number of amides is 2. The van der Waals surface area contributed by atoms with E-state index in [-0.39, 0.29) is 22.6 Å². The second kappa shape index (κ2) is 11.4. The van der Waals surface area contributed by atoms with Crippen LogP contribution < -0.4 is 4.90 Å². The highest BCUT2D eigenvalue weighted by molar-refractivity contribution is 6.31. The summed E-state index contributed by atoms with van der Waals surface area (Å²) in [6.45, 7) is 0. The van der Waals surface area contributed by atoms with Crippen molar-refractivity contribution in [3.8, 4) is 0 Å². The Kier molecular flexibility index (Phi) is 6.96. The smallest absolute Gasteiger partial charge is 0.343 e. The first-order valence-electron chi connectivity index (χ1n) is 15.8. The molecular formula is C41H27NO7. The van der Waals surface area contributed by atoms with Crippen LogP contribution in [0, 0.1) is 11.8 Å². The van der Waals surface area contributed by atoms with Crippen molar-refractivity contribution < 1.29 is 33.4 Å². The number of imide groups is 1. The topological polar surface area (TPSA) is 107 Å². The van der Waals surface area contributed by atoms with E-state index in [1.807, 2.05) is 0 Å². The SMILES string of the molecule is O=C(OC1=C(OC(=O)c2ccccc2)C2(c3ccccc3)C(=O)C1(c1ccccc1)C1C(=O)N(c3ccccc3)C(=O)C12)c1ccccc1. The number of hydrogen-bond donors (Lipinski definition) is 0. The normalized spacial score (nSPS) is 23.8. The lowest BCUT2D eigenvalue weighted by Crippen LogP contribution is -2.46. The van der Waals surface area contributed by atoms with Gasteiger partial charge in [-0.25, -0.2) is 14.5 Å². The van der Waals surface area contributed by atoms with Crippen LogP contribution in [0.1, 0.15) is 31.8 Å². The van der Waals surface area contributed by atoms with Gasteiger partial charge in [0, 0.05) is 0 Å². The van der Waals surface area contributed by atoms with Crippen molar-refractivity contribution in [1.82, 2.24) is 0 Å². The van der Waals surface area contributed by atoms with Crippen molar-refractivity contribution in [3.05, 3.63) is 185 Å². The maximum absolute atomic E-state index is 15.7. The third kappa shape index (κ3) is 4.13. The fourth-order valence-electron chi connectivity index (χ4n) is 7.81. The number of nitrogens with zero attached hydrogens (tertiary/aromatic N) is 1. The zero-order valence-electron chi connectivity index (χ0n) is 25.9. The molecule has 0 aromatic heterocycles. The minimum absolute atomic E-state index is 0.173. The number of carbonyl (C=O) groups is 5. The Morgan fingerprint density at radius 2 is 0.796 bits per heavy atom. The summed E-state index contributed by atoms with van der Waals surface area (Å²) in [6, 6.07) is 41.8. The van der Waals surface area contributed by atoms with Gasteiger partial charge in [0.25, 0.3) is 0 Å². The van der Waals surface area contributed by atoms with Gasteiger partial charge < -0.3 is 9.47 Å². The molecule has 2 aliphatic carbocycles. The second-order valence-electron chi connectivity index (χ2n) is 12.1. The lowest BCUT2D eigenvalue weighted by Gasteiger charge is -2.36. The molecule has 1 heterocycles. The van der Waals surface area contributed by atoms with Gasteiger partial charge in [-0.3, -0.25) is 14.4 Å². The van der Waals surface area contributed by atoms with E-state index in [1.165, 1.54) is 0 Å². The monoisotopic (exact) mass is 645 g/mol. The molecule has 1 saturated heterocycles. The summed E-state index contributed by atoms with van der Waals surface area (Å²) in [7, 11) is 0. The maximum atomic E-state index is 15.7. The summed E-state index contributed by atoms with van der Waals surface area (Å²) in [6.07, 6.45) is 0. The number of esters is 2. The van der Waals surface area contributed by atoms with Crippen LogP contribution in [0.2, 0.25) is 0 Å². The Bertz CT molecular complexity index is 2030. The fourth-order valence-corrected chi connectivity index (χ4v) is 7.81. The van der Waals surface area contributed by atoms with Crippen LogP contribution in [-0.2, 0) is 34.7 Å². The van der Waals surface area contributed by atoms with Gasteiger partial charge in [-0.1, -0.05) is 115 Å². The van der Waals surface area contributed by atoms with E-state index in [0.717, 1.165) is 4.90 Å². The van der Waals surface area contributed by atoms with Gasteiger partial charge in [0.15, 0.2) is 17.3 Å². The molecule has 8 nitrogen and oxygen atoms in total. The first kappa shape index (κ1) is 30.0. The molecule has 238 valence electrons. The lowest BCUT2D eigenvalue weighted by molar-refractivity contribution is -0.131. The minimum Gasteiger partial charge on any atom is -0.422 e.